The van der Waals surface area contributed by atoms with Crippen molar-refractivity contribution >= 4 is 22.7 Å². The van der Waals surface area contributed by atoms with Crippen molar-refractivity contribution in [1.29, 1.82) is 0 Å². The lowest BCUT2D eigenvalue weighted by molar-refractivity contribution is 1.06. The van der Waals surface area contributed by atoms with E-state index in [1.54, 1.807) is 11.3 Å². The number of hydrogen-bond donors (Lipinski definition) is 0. The molecule has 0 spiro atoms. The molecule has 0 unspecified atom stereocenters. The summed E-state index contributed by atoms with van der Waals surface area (Å²) >= 11 is 3.13. The van der Waals surface area contributed by atoms with Gasteiger partial charge in [-0.15, -0.1) is 22.7 Å². The summed E-state index contributed by atoms with van der Waals surface area (Å²) in [5, 5.41) is 5.05. The van der Waals surface area contributed by atoms with Gasteiger partial charge in [0.1, 0.15) is 10.7 Å². The maximum Gasteiger partial charge on any atom is 0.152 e. The van der Waals surface area contributed by atoms with Gasteiger partial charge in [-0.25, -0.2) is 9.97 Å². The molecule has 61 valence electrons. The average molecular weight is 195 g/mol. The summed E-state index contributed by atoms with van der Waals surface area (Å²) in [5.41, 5.74) is 4.90. The molecule has 0 saturated carbocycles. The molecule has 2 aromatic rings. The number of thiazole rings is 2. The fourth-order valence-corrected chi connectivity index (χ4v) is 2.29. The molecular weight excluding hydrogens is 188 g/mol. The van der Waals surface area contributed by atoms with E-state index in [1.807, 2.05) is 5.38 Å². The van der Waals surface area contributed by atoms with Crippen LogP contribution in [0.4, 0.5) is 0 Å². The van der Waals surface area contributed by atoms with Crippen LogP contribution in [-0.4, -0.2) is 9.97 Å². The van der Waals surface area contributed by atoms with Crippen molar-refractivity contribution in [2.24, 2.45) is 0 Å². The molecule has 0 amide bonds. The van der Waals surface area contributed by atoms with Crippen molar-refractivity contribution in [3.05, 3.63) is 22.0 Å². The van der Waals surface area contributed by atoms with Crippen molar-refractivity contribution in [2.75, 3.05) is 0 Å². The molecule has 1 radical (unpaired) electrons. The van der Waals surface area contributed by atoms with Gasteiger partial charge in [0.05, 0.1) is 5.69 Å². The van der Waals surface area contributed by atoms with Crippen LogP contribution in [0, 0.1) is 5.51 Å². The second kappa shape index (κ2) is 3.33. The normalized spacial score (nSPS) is 10.4. The summed E-state index contributed by atoms with van der Waals surface area (Å²) < 4.78 is 0. The van der Waals surface area contributed by atoms with E-state index in [0.29, 0.717) is 0 Å². The number of aromatic nitrogens is 2. The Morgan fingerprint density at radius 2 is 2.42 bits per heavy atom. The Morgan fingerprint density at radius 1 is 1.50 bits per heavy atom. The Balaban J connectivity index is 2.35. The molecule has 0 saturated heterocycles. The van der Waals surface area contributed by atoms with Crippen molar-refractivity contribution in [2.45, 2.75) is 13.3 Å². The minimum absolute atomic E-state index is 0.949. The van der Waals surface area contributed by atoms with E-state index >= 15 is 0 Å². The van der Waals surface area contributed by atoms with Crippen molar-refractivity contribution < 1.29 is 0 Å². The minimum atomic E-state index is 0.949. The Hall–Kier alpha value is -0.740. The molecule has 0 atom stereocenters. The molecule has 0 bridgehead atoms. The first-order valence-electron chi connectivity index (χ1n) is 3.66. The maximum atomic E-state index is 4.41. The second-order valence-corrected chi connectivity index (χ2v) is 3.83. The van der Waals surface area contributed by atoms with Crippen LogP contribution in [0.1, 0.15) is 12.6 Å². The van der Waals surface area contributed by atoms with Gasteiger partial charge in [-0.05, 0) is 6.42 Å². The van der Waals surface area contributed by atoms with E-state index in [1.165, 1.54) is 11.3 Å². The summed E-state index contributed by atoms with van der Waals surface area (Å²) in [6, 6.07) is 0. The highest BCUT2D eigenvalue weighted by Gasteiger charge is 2.04. The predicted octanol–water partition coefficient (Wildman–Crippen LogP) is 2.63. The van der Waals surface area contributed by atoms with Gasteiger partial charge in [-0.1, -0.05) is 6.92 Å². The summed E-state index contributed by atoms with van der Waals surface area (Å²) in [6.45, 7) is 2.10. The van der Waals surface area contributed by atoms with Gasteiger partial charge in [0, 0.05) is 10.8 Å². The molecule has 0 fully saturated rings. The highest BCUT2D eigenvalue weighted by Crippen LogP contribution is 2.22. The lowest BCUT2D eigenvalue weighted by Crippen LogP contribution is -1.79. The number of aryl methyl sites for hydroxylation is 1. The van der Waals surface area contributed by atoms with Crippen molar-refractivity contribution in [1.82, 2.24) is 9.97 Å². The van der Waals surface area contributed by atoms with Gasteiger partial charge in [0.25, 0.3) is 0 Å². The molecule has 2 rings (SSSR count). The fraction of sp³-hybridized carbons (Fsp3) is 0.250. The maximum absolute atomic E-state index is 4.41. The first-order chi connectivity index (χ1) is 5.90. The Kier molecular flexibility index (Phi) is 2.19. The topological polar surface area (TPSA) is 25.8 Å². The van der Waals surface area contributed by atoms with E-state index in [4.69, 9.17) is 0 Å². The highest BCUT2D eigenvalue weighted by molar-refractivity contribution is 7.13. The van der Waals surface area contributed by atoms with Gasteiger partial charge in [-0.2, -0.15) is 0 Å². The van der Waals surface area contributed by atoms with E-state index in [2.05, 4.69) is 27.8 Å². The van der Waals surface area contributed by atoms with Gasteiger partial charge in [0.2, 0.25) is 0 Å². The lowest BCUT2D eigenvalue weighted by Gasteiger charge is -1.85. The lowest BCUT2D eigenvalue weighted by atomic mass is 10.4. The summed E-state index contributed by atoms with van der Waals surface area (Å²) in [7, 11) is 0. The summed E-state index contributed by atoms with van der Waals surface area (Å²) in [4.78, 5) is 8.49. The van der Waals surface area contributed by atoms with E-state index in [9.17, 15) is 0 Å². The molecule has 0 aliphatic heterocycles. The summed E-state index contributed by atoms with van der Waals surface area (Å²) in [6.07, 6.45) is 0.990. The van der Waals surface area contributed by atoms with Crippen LogP contribution in [0.25, 0.3) is 10.7 Å². The molecular formula is C8H7N2S2. The first-order valence-corrected chi connectivity index (χ1v) is 5.42. The van der Waals surface area contributed by atoms with Crippen molar-refractivity contribution in [3.63, 3.8) is 0 Å². The molecule has 0 aliphatic rings. The quantitative estimate of drug-likeness (QED) is 0.736. The van der Waals surface area contributed by atoms with Crippen LogP contribution >= 0.6 is 22.7 Å². The molecule has 2 aromatic heterocycles. The highest BCUT2D eigenvalue weighted by atomic mass is 32.1. The molecule has 0 aliphatic carbocycles. The number of nitrogens with zero attached hydrogens (tertiary/aromatic N) is 2. The van der Waals surface area contributed by atoms with Crippen LogP contribution in [0.2, 0.25) is 0 Å². The zero-order valence-electron chi connectivity index (χ0n) is 6.57. The first kappa shape index (κ1) is 7.89. The Morgan fingerprint density at radius 3 is 3.00 bits per heavy atom. The molecule has 2 nitrogen and oxygen atoms in total. The summed E-state index contributed by atoms with van der Waals surface area (Å²) in [5.74, 6) is 0. The van der Waals surface area contributed by atoms with E-state index < -0.39 is 0 Å². The smallest absolute Gasteiger partial charge is 0.152 e. The molecule has 0 aromatic carbocycles. The van der Waals surface area contributed by atoms with Crippen LogP contribution in [0.5, 0.6) is 0 Å². The Bertz CT molecular complexity index is 351. The SMILES string of the molecule is CCc1csc(-c2cs[c]n2)n1. The molecule has 0 N–H and O–H groups in total. The van der Waals surface area contributed by atoms with Gasteiger partial charge < -0.3 is 0 Å². The van der Waals surface area contributed by atoms with Gasteiger partial charge in [-0.3, -0.25) is 0 Å². The predicted molar refractivity (Wildman–Crippen MR) is 51.4 cm³/mol. The number of hydrogen-bond acceptors (Lipinski definition) is 4. The van der Waals surface area contributed by atoms with Crippen molar-refractivity contribution in [3.8, 4) is 10.7 Å². The molecule has 2 heterocycles. The molecule has 4 heteroatoms. The minimum Gasteiger partial charge on any atom is -0.239 e. The van der Waals surface area contributed by atoms with E-state index in [-0.39, 0.29) is 0 Å². The third-order valence-electron chi connectivity index (χ3n) is 1.52. The average Bonchev–Trinajstić information content (AvgIpc) is 2.75. The third kappa shape index (κ3) is 1.40. The second-order valence-electron chi connectivity index (χ2n) is 2.32. The van der Waals surface area contributed by atoms with Crippen LogP contribution in [-0.2, 0) is 6.42 Å². The fourth-order valence-electron chi connectivity index (χ4n) is 0.869. The van der Waals surface area contributed by atoms with Crippen LogP contribution in [0.15, 0.2) is 10.8 Å². The van der Waals surface area contributed by atoms with E-state index in [0.717, 1.165) is 22.8 Å². The number of rotatable bonds is 2. The standard InChI is InChI=1S/C8H7N2S2/c1-2-6-3-12-8(10-6)7-4-11-5-9-7/h3-4H,2H2,1H3. The van der Waals surface area contributed by atoms with Gasteiger partial charge in [0.15, 0.2) is 5.51 Å². The Labute approximate surface area is 78.9 Å². The molecule has 12 heavy (non-hydrogen) atoms. The third-order valence-corrected chi connectivity index (χ3v) is 2.97. The van der Waals surface area contributed by atoms with Gasteiger partial charge >= 0.3 is 0 Å². The largest absolute Gasteiger partial charge is 0.239 e. The van der Waals surface area contributed by atoms with Crippen LogP contribution in [0.3, 0.4) is 0 Å². The zero-order chi connectivity index (χ0) is 8.39. The van der Waals surface area contributed by atoms with Crippen LogP contribution < -0.4 is 0 Å². The zero-order valence-corrected chi connectivity index (χ0v) is 8.21. The monoisotopic (exact) mass is 195 g/mol.